The van der Waals surface area contributed by atoms with E-state index >= 15 is 0 Å². The summed E-state index contributed by atoms with van der Waals surface area (Å²) in [4.78, 5) is 35.4. The van der Waals surface area contributed by atoms with Crippen LogP contribution in [0.15, 0.2) is 72.9 Å². The molecule has 0 radical (unpaired) electrons. The topological polar surface area (TPSA) is 90.1 Å². The van der Waals surface area contributed by atoms with Crippen molar-refractivity contribution in [3.05, 3.63) is 95.6 Å². The van der Waals surface area contributed by atoms with E-state index < -0.39 is 5.92 Å². The van der Waals surface area contributed by atoms with Crippen LogP contribution < -0.4 is 10.6 Å². The number of H-pyrrole nitrogens is 1. The molecule has 0 unspecified atom stereocenters. The predicted octanol–water partition coefficient (Wildman–Crippen LogP) is 5.33. The van der Waals surface area contributed by atoms with E-state index in [1.807, 2.05) is 36.4 Å². The Bertz CT molecular complexity index is 1420. The molecule has 1 aliphatic rings. The monoisotopic (exact) mass is 483 g/mol. The highest BCUT2D eigenvalue weighted by atomic mass is 19.1. The Hall–Kier alpha value is -4.46. The van der Waals surface area contributed by atoms with Crippen LogP contribution in [0, 0.1) is 5.82 Å². The third-order valence-electron chi connectivity index (χ3n) is 6.44. The summed E-state index contributed by atoms with van der Waals surface area (Å²) in [6.45, 7) is 2.39. The van der Waals surface area contributed by atoms with Gasteiger partial charge in [0.25, 0.3) is 5.91 Å². The van der Waals surface area contributed by atoms with Gasteiger partial charge in [-0.2, -0.15) is 0 Å². The minimum atomic E-state index is -0.489. The van der Waals surface area contributed by atoms with Crippen LogP contribution in [0.3, 0.4) is 0 Å². The molecule has 0 saturated heterocycles. The molecule has 182 valence electrons. The minimum Gasteiger partial charge on any atom is -0.356 e. The number of hydrogen-bond donors (Lipinski definition) is 3. The number of nitrogens with zero attached hydrogens (tertiary/aromatic N) is 2. The number of carbonyl (C=O) groups excluding carboxylic acids is 2. The highest BCUT2D eigenvalue weighted by Gasteiger charge is 2.30. The molecule has 1 atom stereocenters. The third-order valence-corrected chi connectivity index (χ3v) is 6.44. The number of pyridine rings is 1. The van der Waals surface area contributed by atoms with Crippen molar-refractivity contribution in [1.29, 1.82) is 0 Å². The standard InChI is InChI=1S/C28H26FN5O2/c1-17(18-8-10-20(29)11-9-18)27(35)33-23-16-19(12-14-30-23)25-26(31-21-6-4-3-5-7-21)24-22(32-25)13-15-34(2)28(24)36/h3-12,14,16-17,31-32H,13,15H2,1-2H3,(H,30,33,35)/t17-/m0/s1. The van der Waals surface area contributed by atoms with Gasteiger partial charge in [-0.1, -0.05) is 30.3 Å². The van der Waals surface area contributed by atoms with Crippen molar-refractivity contribution in [3.63, 3.8) is 0 Å². The van der Waals surface area contributed by atoms with E-state index in [9.17, 15) is 14.0 Å². The van der Waals surface area contributed by atoms with E-state index in [2.05, 4.69) is 20.6 Å². The fourth-order valence-electron chi connectivity index (χ4n) is 4.35. The lowest BCUT2D eigenvalue weighted by atomic mass is 10.0. The summed E-state index contributed by atoms with van der Waals surface area (Å²) in [6, 6.07) is 19.2. The number of carbonyl (C=O) groups is 2. The summed E-state index contributed by atoms with van der Waals surface area (Å²) in [5.41, 5.74) is 5.27. The molecule has 0 spiro atoms. The van der Waals surface area contributed by atoms with Gasteiger partial charge in [-0.15, -0.1) is 0 Å². The molecular weight excluding hydrogens is 457 g/mol. The predicted molar refractivity (Wildman–Crippen MR) is 138 cm³/mol. The molecule has 2 aromatic carbocycles. The average molecular weight is 484 g/mol. The van der Waals surface area contributed by atoms with E-state index in [1.165, 1.54) is 12.1 Å². The van der Waals surface area contributed by atoms with Gasteiger partial charge in [0.15, 0.2) is 0 Å². The summed E-state index contributed by atoms with van der Waals surface area (Å²) < 4.78 is 13.3. The molecule has 0 aliphatic carbocycles. The Morgan fingerprint density at radius 3 is 2.61 bits per heavy atom. The van der Waals surface area contributed by atoms with Gasteiger partial charge in [0.2, 0.25) is 5.91 Å². The number of fused-ring (bicyclic) bond motifs is 1. The van der Waals surface area contributed by atoms with Crippen LogP contribution in [0.5, 0.6) is 0 Å². The number of benzene rings is 2. The Labute approximate surface area is 208 Å². The first-order chi connectivity index (χ1) is 17.4. The van der Waals surface area contributed by atoms with Crippen molar-refractivity contribution in [1.82, 2.24) is 14.9 Å². The lowest BCUT2D eigenvalue weighted by Crippen LogP contribution is -2.34. The number of rotatable bonds is 6. The number of aromatic nitrogens is 2. The lowest BCUT2D eigenvalue weighted by Gasteiger charge is -2.23. The first kappa shape index (κ1) is 23.3. The maximum Gasteiger partial charge on any atom is 0.257 e. The van der Waals surface area contributed by atoms with Crippen LogP contribution in [0.25, 0.3) is 11.3 Å². The Balaban J connectivity index is 1.48. The highest BCUT2D eigenvalue weighted by molar-refractivity contribution is 6.06. The van der Waals surface area contributed by atoms with Gasteiger partial charge in [0.1, 0.15) is 11.6 Å². The van der Waals surface area contributed by atoms with E-state index in [-0.39, 0.29) is 17.6 Å². The fraction of sp³-hybridized carbons (Fsp3) is 0.179. The van der Waals surface area contributed by atoms with Crippen LogP contribution in [0.2, 0.25) is 0 Å². The summed E-state index contributed by atoms with van der Waals surface area (Å²) in [7, 11) is 1.80. The smallest absolute Gasteiger partial charge is 0.257 e. The van der Waals surface area contributed by atoms with Gasteiger partial charge in [-0.25, -0.2) is 9.37 Å². The van der Waals surface area contributed by atoms with E-state index in [0.717, 1.165) is 22.6 Å². The third kappa shape index (κ3) is 4.57. The second-order valence-electron chi connectivity index (χ2n) is 8.89. The van der Waals surface area contributed by atoms with Crippen LogP contribution in [-0.2, 0) is 11.2 Å². The molecule has 0 bridgehead atoms. The number of anilines is 3. The second kappa shape index (κ2) is 9.65. The van der Waals surface area contributed by atoms with Gasteiger partial charge in [-0.3, -0.25) is 9.59 Å². The van der Waals surface area contributed by atoms with Crippen LogP contribution in [-0.4, -0.2) is 40.3 Å². The second-order valence-corrected chi connectivity index (χ2v) is 8.89. The molecular formula is C28H26FN5O2. The normalized spacial score (nSPS) is 13.8. The largest absolute Gasteiger partial charge is 0.356 e. The summed E-state index contributed by atoms with van der Waals surface area (Å²) >= 11 is 0. The Morgan fingerprint density at radius 1 is 1.11 bits per heavy atom. The maximum atomic E-state index is 13.3. The maximum absolute atomic E-state index is 13.3. The summed E-state index contributed by atoms with van der Waals surface area (Å²) in [5.74, 6) is -0.756. The number of para-hydroxylation sites is 1. The quantitative estimate of drug-likeness (QED) is 0.346. The first-order valence-electron chi connectivity index (χ1n) is 11.8. The zero-order valence-electron chi connectivity index (χ0n) is 20.0. The van der Waals surface area contributed by atoms with Crippen molar-refractivity contribution in [2.45, 2.75) is 19.3 Å². The van der Waals surface area contributed by atoms with Gasteiger partial charge < -0.3 is 20.5 Å². The van der Waals surface area contributed by atoms with Crippen molar-refractivity contribution < 1.29 is 14.0 Å². The van der Waals surface area contributed by atoms with Crippen molar-refractivity contribution in [3.8, 4) is 11.3 Å². The number of hydrogen-bond acceptors (Lipinski definition) is 4. The van der Waals surface area contributed by atoms with Crippen molar-refractivity contribution in [2.75, 3.05) is 24.2 Å². The molecule has 2 aromatic heterocycles. The Morgan fingerprint density at radius 2 is 1.86 bits per heavy atom. The highest BCUT2D eigenvalue weighted by Crippen LogP contribution is 2.38. The fourth-order valence-corrected chi connectivity index (χ4v) is 4.35. The van der Waals surface area contributed by atoms with E-state index in [0.29, 0.717) is 35.6 Å². The lowest BCUT2D eigenvalue weighted by molar-refractivity contribution is -0.117. The zero-order chi connectivity index (χ0) is 25.2. The van der Waals surface area contributed by atoms with Gasteiger partial charge in [0.05, 0.1) is 22.9 Å². The molecule has 1 aliphatic heterocycles. The number of likely N-dealkylation sites (N-methyl/N-ethyl adjacent to an activating group) is 1. The number of amides is 2. The van der Waals surface area contributed by atoms with E-state index in [1.54, 1.807) is 43.3 Å². The molecule has 4 aromatic rings. The van der Waals surface area contributed by atoms with Crippen LogP contribution in [0.1, 0.15) is 34.5 Å². The van der Waals surface area contributed by atoms with Crippen LogP contribution >= 0.6 is 0 Å². The molecule has 0 fully saturated rings. The summed E-state index contributed by atoms with van der Waals surface area (Å²) in [6.07, 6.45) is 2.33. The first-order valence-corrected chi connectivity index (χ1v) is 11.8. The van der Waals surface area contributed by atoms with E-state index in [4.69, 9.17) is 0 Å². The van der Waals surface area contributed by atoms with Crippen molar-refractivity contribution >= 4 is 29.0 Å². The summed E-state index contributed by atoms with van der Waals surface area (Å²) in [5, 5.41) is 6.28. The molecule has 8 heteroatoms. The zero-order valence-corrected chi connectivity index (χ0v) is 20.0. The number of aromatic amines is 1. The Kier molecular flexibility index (Phi) is 6.25. The molecule has 0 saturated carbocycles. The van der Waals surface area contributed by atoms with Gasteiger partial charge in [-0.05, 0) is 48.9 Å². The average Bonchev–Trinajstić information content (AvgIpc) is 3.26. The van der Waals surface area contributed by atoms with Gasteiger partial charge >= 0.3 is 0 Å². The molecule has 3 heterocycles. The molecule has 7 nitrogen and oxygen atoms in total. The minimum absolute atomic E-state index is 0.0483. The number of halogens is 1. The molecule has 2 amide bonds. The molecule has 36 heavy (non-hydrogen) atoms. The number of nitrogens with one attached hydrogen (secondary N) is 3. The SMILES string of the molecule is C[C@H](C(=O)Nc1cc(-c2[nH]c3c(c2Nc2ccccc2)C(=O)N(C)CC3)ccn1)c1ccc(F)cc1. The molecule has 3 N–H and O–H groups in total. The van der Waals surface area contributed by atoms with Gasteiger partial charge in [0, 0.05) is 43.2 Å². The van der Waals surface area contributed by atoms with Crippen molar-refractivity contribution in [2.24, 2.45) is 0 Å². The van der Waals surface area contributed by atoms with Crippen LogP contribution in [0.4, 0.5) is 21.6 Å². The molecule has 5 rings (SSSR count).